The lowest BCUT2D eigenvalue weighted by molar-refractivity contribution is -0.130. The number of amides is 4. The highest BCUT2D eigenvalue weighted by molar-refractivity contribution is 6.35. The molecule has 3 aliphatic rings. The molecule has 1 aromatic heterocycles. The van der Waals surface area contributed by atoms with Crippen molar-refractivity contribution in [3.63, 3.8) is 0 Å². The lowest BCUT2D eigenvalue weighted by Crippen LogP contribution is -2.55. The summed E-state index contributed by atoms with van der Waals surface area (Å²) in [7, 11) is 0. The maximum Gasteiger partial charge on any atom is 0.268 e. The molecule has 2 heterocycles. The molecule has 12 nitrogen and oxygen atoms in total. The molecule has 14 heteroatoms. The van der Waals surface area contributed by atoms with Crippen LogP contribution in [0.3, 0.4) is 0 Å². The van der Waals surface area contributed by atoms with Gasteiger partial charge in [-0.3, -0.25) is 29.1 Å². The number of anilines is 1. The SMILES string of the molecule is C=C1N(c2cc(Cl)cc(Cl)c2)C(=O)C(C)(Cc2ccc(C#N)cc2)N1C(=CCC)C(=O)NC1(C(=O)NC2(c3ccc(C(=O)NC(C)(C)CO)cn3)CC2)CC1. The molecule has 55 heavy (non-hydrogen) atoms. The number of nitrogens with one attached hydrogen (secondary N) is 3. The van der Waals surface area contributed by atoms with Crippen LogP contribution in [0.15, 0.2) is 85.0 Å². The molecule has 286 valence electrons. The number of benzene rings is 2. The third-order valence-corrected chi connectivity index (χ3v) is 10.7. The number of carbonyl (C=O) groups excluding carboxylic acids is 4. The first kappa shape index (κ1) is 39.5. The van der Waals surface area contributed by atoms with E-state index in [1.807, 2.05) is 6.92 Å². The van der Waals surface area contributed by atoms with Crippen molar-refractivity contribution in [3.05, 3.63) is 117 Å². The topological polar surface area (TPSA) is 168 Å². The van der Waals surface area contributed by atoms with Crippen LogP contribution in [0, 0.1) is 11.3 Å². The summed E-state index contributed by atoms with van der Waals surface area (Å²) in [6.45, 7) is 11.1. The van der Waals surface area contributed by atoms with Gasteiger partial charge in [0.15, 0.2) is 0 Å². The zero-order valence-corrected chi connectivity index (χ0v) is 32.6. The predicted molar refractivity (Wildman–Crippen MR) is 209 cm³/mol. The van der Waals surface area contributed by atoms with E-state index in [4.69, 9.17) is 23.2 Å². The van der Waals surface area contributed by atoms with E-state index in [0.29, 0.717) is 64.7 Å². The second-order valence-electron chi connectivity index (χ2n) is 15.3. The average molecular weight is 785 g/mol. The monoisotopic (exact) mass is 783 g/mol. The third kappa shape index (κ3) is 7.83. The normalized spacial score (nSPS) is 19.8. The maximum atomic E-state index is 14.6. The van der Waals surface area contributed by atoms with Crippen LogP contribution in [0.25, 0.3) is 0 Å². The number of nitriles is 1. The van der Waals surface area contributed by atoms with E-state index in [9.17, 15) is 29.5 Å². The Balaban J connectivity index is 1.25. The van der Waals surface area contributed by atoms with Gasteiger partial charge in [-0.15, -0.1) is 0 Å². The number of carbonyl (C=O) groups is 4. The zero-order chi connectivity index (χ0) is 39.9. The molecular weight excluding hydrogens is 741 g/mol. The Labute approximate surface area is 330 Å². The minimum atomic E-state index is -1.38. The van der Waals surface area contributed by atoms with Crippen molar-refractivity contribution in [1.29, 1.82) is 5.26 Å². The molecule has 0 radical (unpaired) electrons. The highest BCUT2D eigenvalue weighted by Crippen LogP contribution is 2.47. The number of hydrogen-bond acceptors (Lipinski definition) is 8. The van der Waals surface area contributed by atoms with Gasteiger partial charge < -0.3 is 26.0 Å². The average Bonchev–Trinajstić information content (AvgIpc) is 4.08. The molecule has 1 aliphatic heterocycles. The van der Waals surface area contributed by atoms with Gasteiger partial charge in [-0.2, -0.15) is 5.26 Å². The molecule has 2 aliphatic carbocycles. The van der Waals surface area contributed by atoms with Gasteiger partial charge in [0.2, 0.25) is 5.91 Å². The Bertz CT molecular complexity index is 2120. The van der Waals surface area contributed by atoms with Gasteiger partial charge in [0, 0.05) is 22.7 Å². The quantitative estimate of drug-likeness (QED) is 0.162. The lowest BCUT2D eigenvalue weighted by Gasteiger charge is -2.35. The zero-order valence-electron chi connectivity index (χ0n) is 31.1. The summed E-state index contributed by atoms with van der Waals surface area (Å²) in [4.78, 5) is 63.3. The summed E-state index contributed by atoms with van der Waals surface area (Å²) in [5, 5.41) is 28.4. The number of hydrogen-bond donors (Lipinski definition) is 4. The molecule has 3 aromatic rings. The molecule has 6 rings (SSSR count). The van der Waals surface area contributed by atoms with Crippen LogP contribution < -0.4 is 20.9 Å². The summed E-state index contributed by atoms with van der Waals surface area (Å²) in [5.74, 6) is -1.46. The fourth-order valence-corrected chi connectivity index (χ4v) is 7.37. The third-order valence-electron chi connectivity index (χ3n) is 10.3. The Kier molecular flexibility index (Phi) is 10.6. The Morgan fingerprint density at radius 1 is 1.04 bits per heavy atom. The number of pyridine rings is 1. The summed E-state index contributed by atoms with van der Waals surface area (Å²) >= 11 is 12.7. The largest absolute Gasteiger partial charge is 0.394 e. The fourth-order valence-electron chi connectivity index (χ4n) is 6.86. The van der Waals surface area contributed by atoms with E-state index in [1.165, 1.54) is 11.1 Å². The minimum absolute atomic E-state index is 0.146. The van der Waals surface area contributed by atoms with Crippen LogP contribution in [-0.2, 0) is 26.3 Å². The number of allylic oxidation sites excluding steroid dienone is 1. The molecule has 1 atom stereocenters. The van der Waals surface area contributed by atoms with E-state index in [2.05, 4.69) is 33.6 Å². The first-order valence-corrected chi connectivity index (χ1v) is 18.8. The van der Waals surface area contributed by atoms with Crippen LogP contribution in [0.5, 0.6) is 0 Å². The smallest absolute Gasteiger partial charge is 0.268 e. The Morgan fingerprint density at radius 3 is 2.22 bits per heavy atom. The molecule has 3 fully saturated rings. The molecule has 1 saturated heterocycles. The first-order chi connectivity index (χ1) is 26.0. The van der Waals surface area contributed by atoms with Gasteiger partial charge in [0.1, 0.15) is 22.6 Å². The van der Waals surface area contributed by atoms with Gasteiger partial charge >= 0.3 is 0 Å². The number of aliphatic hydroxyl groups excluding tert-OH is 1. The molecule has 2 saturated carbocycles. The summed E-state index contributed by atoms with van der Waals surface area (Å²) < 4.78 is 0. The van der Waals surface area contributed by atoms with Crippen molar-refractivity contribution in [2.75, 3.05) is 11.5 Å². The maximum absolute atomic E-state index is 14.6. The first-order valence-electron chi connectivity index (χ1n) is 18.0. The fraction of sp³-hybridized carbons (Fsp3) is 0.366. The van der Waals surface area contributed by atoms with Crippen molar-refractivity contribution >= 4 is 52.5 Å². The lowest BCUT2D eigenvalue weighted by atomic mass is 9.90. The van der Waals surface area contributed by atoms with Crippen LogP contribution in [-0.4, -0.2) is 61.8 Å². The molecule has 4 amide bonds. The van der Waals surface area contributed by atoms with Gasteiger partial charge in [0.05, 0.1) is 46.3 Å². The Morgan fingerprint density at radius 2 is 1.69 bits per heavy atom. The van der Waals surface area contributed by atoms with Crippen molar-refractivity contribution in [2.45, 2.75) is 88.4 Å². The van der Waals surface area contributed by atoms with Crippen molar-refractivity contribution in [2.24, 2.45) is 0 Å². The number of halogens is 2. The number of rotatable bonds is 13. The van der Waals surface area contributed by atoms with Gasteiger partial charge in [0.25, 0.3) is 17.7 Å². The van der Waals surface area contributed by atoms with Gasteiger partial charge in [-0.1, -0.05) is 54.9 Å². The van der Waals surface area contributed by atoms with Crippen molar-refractivity contribution in [3.8, 4) is 6.07 Å². The van der Waals surface area contributed by atoms with Gasteiger partial charge in [-0.25, -0.2) is 0 Å². The van der Waals surface area contributed by atoms with Crippen LogP contribution in [0.2, 0.25) is 10.0 Å². The van der Waals surface area contributed by atoms with Crippen LogP contribution in [0.4, 0.5) is 5.69 Å². The predicted octanol–water partition coefficient (Wildman–Crippen LogP) is 5.63. The van der Waals surface area contributed by atoms with Crippen LogP contribution in [0.1, 0.15) is 87.0 Å². The molecule has 4 N–H and O–H groups in total. The highest BCUT2D eigenvalue weighted by Gasteiger charge is 2.58. The van der Waals surface area contributed by atoms with E-state index in [1.54, 1.807) is 86.3 Å². The van der Waals surface area contributed by atoms with E-state index < -0.39 is 28.1 Å². The van der Waals surface area contributed by atoms with E-state index >= 15 is 0 Å². The van der Waals surface area contributed by atoms with Gasteiger partial charge in [-0.05, 0) is 101 Å². The summed E-state index contributed by atoms with van der Waals surface area (Å²) in [6.07, 6.45) is 5.80. The molecule has 2 aromatic carbocycles. The van der Waals surface area contributed by atoms with Crippen molar-refractivity contribution < 1.29 is 24.3 Å². The molecular formula is C41H43Cl2N7O5. The second kappa shape index (κ2) is 14.8. The molecule has 0 spiro atoms. The Hall–Kier alpha value is -5.22. The minimum Gasteiger partial charge on any atom is -0.394 e. The highest BCUT2D eigenvalue weighted by atomic mass is 35.5. The van der Waals surface area contributed by atoms with Crippen molar-refractivity contribution in [1.82, 2.24) is 25.8 Å². The summed E-state index contributed by atoms with van der Waals surface area (Å²) in [5.41, 5.74) is -1.46. The second-order valence-corrected chi connectivity index (χ2v) is 16.2. The number of aromatic nitrogens is 1. The molecule has 0 bridgehead atoms. The van der Waals surface area contributed by atoms with E-state index in [0.717, 1.165) is 5.56 Å². The number of nitrogens with zero attached hydrogens (tertiary/aromatic N) is 4. The standard InChI is InChI=1S/C41H43Cl2N7O5/c1-6-7-32(50-25(2)49(31-19-29(42)18-30(43)20-31)37(55)39(50,5)21-26-8-10-27(22-44)11-9-26)35(53)47-41(16-17-41)36(54)48-40(14-15-40)33-13-12-28(23-45-33)34(52)46-38(3,4)24-51/h7-13,18-20,23,51H,2,6,14-17,21,24H2,1,3-5H3,(H,46,52)(H,47,53)(H,48,54). The summed E-state index contributed by atoms with van der Waals surface area (Å²) in [6, 6.07) is 17.1. The van der Waals surface area contributed by atoms with Crippen LogP contribution >= 0.6 is 23.2 Å². The number of aliphatic hydroxyl groups is 1. The van der Waals surface area contributed by atoms with E-state index in [-0.39, 0.29) is 42.3 Å². The molecule has 1 unspecified atom stereocenters.